The zero-order chi connectivity index (χ0) is 39.1. The fraction of sp³-hybridized carbons (Fsp3) is 0.140. The van der Waals surface area contributed by atoms with Crippen LogP contribution in [0.3, 0.4) is 0 Å². The number of hydrogen-bond donors (Lipinski definition) is 0. The number of aromatic nitrogens is 1. The van der Waals surface area contributed by atoms with Gasteiger partial charge in [0.05, 0.1) is 5.52 Å². The fourth-order valence-electron chi connectivity index (χ4n) is 9.13. The Morgan fingerprint density at radius 3 is 1.53 bits per heavy atom. The lowest BCUT2D eigenvalue weighted by Crippen LogP contribution is -2.11. The van der Waals surface area contributed by atoms with Gasteiger partial charge in [-0.1, -0.05) is 207 Å². The average molecular weight is 748 g/mol. The van der Waals surface area contributed by atoms with Crippen LogP contribution in [0.2, 0.25) is 0 Å². The third-order valence-electron chi connectivity index (χ3n) is 12.3. The minimum atomic E-state index is 0.338. The summed E-state index contributed by atoms with van der Waals surface area (Å²) in [5.41, 5.74) is 14.2. The summed E-state index contributed by atoms with van der Waals surface area (Å²) in [4.78, 5) is 5.09. The van der Waals surface area contributed by atoms with Crippen molar-refractivity contribution in [1.29, 1.82) is 0 Å². The number of aryl methyl sites for hydroxylation is 1. The maximum atomic E-state index is 5.09. The predicted octanol–water partition coefficient (Wildman–Crippen LogP) is 14.8. The lowest BCUT2D eigenvalue weighted by Gasteiger charge is -2.26. The zero-order valence-electron chi connectivity index (χ0n) is 33.2. The number of pyridine rings is 1. The van der Waals surface area contributed by atoms with E-state index < -0.39 is 0 Å². The van der Waals surface area contributed by atoms with Gasteiger partial charge in [0.1, 0.15) is 0 Å². The summed E-state index contributed by atoms with van der Waals surface area (Å²) >= 11 is 0. The van der Waals surface area contributed by atoms with Crippen molar-refractivity contribution in [2.75, 3.05) is 0 Å². The van der Waals surface area contributed by atoms with Crippen LogP contribution in [0.15, 0.2) is 212 Å². The standard InChI is InChI=1S/C57H49N/c1-41(54(47-23-12-5-13-24-47)40-44-19-8-3-9-20-44)45-34-36-48(37-35-45)55-51-25-14-15-26-52(51)56(57-53(55)27-16-38-58-57)49-31-28-42(29-32-49)30-33-50(46-21-10-4-11-22-46)39-43-17-6-2-7-18-43/h2-29,31-32,34-38,41,50,54H,30,33,39-40H2,1H3. The van der Waals surface area contributed by atoms with Crippen LogP contribution in [-0.2, 0) is 19.3 Å². The zero-order valence-corrected chi connectivity index (χ0v) is 33.2. The van der Waals surface area contributed by atoms with Crippen molar-refractivity contribution in [2.45, 2.75) is 50.4 Å². The summed E-state index contributed by atoms with van der Waals surface area (Å²) < 4.78 is 0. The third-order valence-corrected chi connectivity index (χ3v) is 12.3. The van der Waals surface area contributed by atoms with E-state index in [9.17, 15) is 0 Å². The van der Waals surface area contributed by atoms with Gasteiger partial charge in [0.2, 0.25) is 0 Å². The largest absolute Gasteiger partial charge is 0.256 e. The first-order valence-electron chi connectivity index (χ1n) is 20.9. The van der Waals surface area contributed by atoms with E-state index >= 15 is 0 Å². The van der Waals surface area contributed by atoms with Crippen molar-refractivity contribution in [3.8, 4) is 22.3 Å². The molecule has 1 heterocycles. The lowest BCUT2D eigenvalue weighted by atomic mass is 9.78. The Morgan fingerprint density at radius 1 is 0.397 bits per heavy atom. The molecule has 0 spiro atoms. The second-order valence-electron chi connectivity index (χ2n) is 15.8. The van der Waals surface area contributed by atoms with E-state index in [-0.39, 0.29) is 0 Å². The molecule has 0 aliphatic rings. The Kier molecular flexibility index (Phi) is 11.0. The topological polar surface area (TPSA) is 12.9 Å². The monoisotopic (exact) mass is 747 g/mol. The molecular weight excluding hydrogens is 699 g/mol. The number of rotatable bonds is 13. The van der Waals surface area contributed by atoms with Crippen LogP contribution in [0.1, 0.15) is 64.5 Å². The molecule has 1 nitrogen and oxygen atoms in total. The number of benzene rings is 8. The quantitative estimate of drug-likeness (QED) is 0.107. The molecule has 0 aliphatic carbocycles. The summed E-state index contributed by atoms with van der Waals surface area (Å²) in [6, 6.07) is 75.7. The van der Waals surface area contributed by atoms with Gasteiger partial charge in [-0.3, -0.25) is 4.98 Å². The maximum Gasteiger partial charge on any atom is 0.0792 e. The minimum Gasteiger partial charge on any atom is -0.256 e. The van der Waals surface area contributed by atoms with Crippen LogP contribution in [0.25, 0.3) is 43.9 Å². The summed E-state index contributed by atoms with van der Waals surface area (Å²) in [6.45, 7) is 2.39. The van der Waals surface area contributed by atoms with Crippen molar-refractivity contribution in [2.24, 2.45) is 0 Å². The molecule has 0 bridgehead atoms. The summed E-state index contributed by atoms with van der Waals surface area (Å²) in [5, 5.41) is 3.66. The molecule has 0 saturated carbocycles. The molecule has 9 rings (SSSR count). The summed E-state index contributed by atoms with van der Waals surface area (Å²) in [7, 11) is 0. The highest BCUT2D eigenvalue weighted by Crippen LogP contribution is 2.44. The van der Waals surface area contributed by atoms with E-state index in [1.165, 1.54) is 71.8 Å². The Labute approximate surface area is 343 Å². The van der Waals surface area contributed by atoms with Crippen LogP contribution < -0.4 is 0 Å². The van der Waals surface area contributed by atoms with Crippen LogP contribution in [0.5, 0.6) is 0 Å². The Balaban J connectivity index is 1.02. The highest BCUT2D eigenvalue weighted by Gasteiger charge is 2.23. The molecule has 0 saturated heterocycles. The van der Waals surface area contributed by atoms with Gasteiger partial charge >= 0.3 is 0 Å². The van der Waals surface area contributed by atoms with Gasteiger partial charge in [-0.05, 0) is 110 Å². The molecule has 0 fully saturated rings. The van der Waals surface area contributed by atoms with Crippen molar-refractivity contribution >= 4 is 21.7 Å². The predicted molar refractivity (Wildman–Crippen MR) is 246 cm³/mol. The normalized spacial score (nSPS) is 13.0. The van der Waals surface area contributed by atoms with Crippen LogP contribution in [-0.4, -0.2) is 4.98 Å². The van der Waals surface area contributed by atoms with Gasteiger partial charge in [-0.15, -0.1) is 0 Å². The number of hydrogen-bond acceptors (Lipinski definition) is 1. The molecule has 0 N–H and O–H groups in total. The average Bonchev–Trinajstić information content (AvgIpc) is 3.30. The van der Waals surface area contributed by atoms with Gasteiger partial charge in [-0.2, -0.15) is 0 Å². The fourth-order valence-corrected chi connectivity index (χ4v) is 9.13. The van der Waals surface area contributed by atoms with E-state index in [1.54, 1.807) is 0 Å². The van der Waals surface area contributed by atoms with E-state index in [0.29, 0.717) is 17.8 Å². The van der Waals surface area contributed by atoms with Crippen molar-refractivity contribution in [1.82, 2.24) is 4.98 Å². The Hall–Kier alpha value is -6.57. The van der Waals surface area contributed by atoms with Gasteiger partial charge < -0.3 is 0 Å². The van der Waals surface area contributed by atoms with Gasteiger partial charge in [0.15, 0.2) is 0 Å². The van der Waals surface area contributed by atoms with Crippen LogP contribution >= 0.6 is 0 Å². The Morgan fingerprint density at radius 2 is 0.897 bits per heavy atom. The van der Waals surface area contributed by atoms with Gasteiger partial charge in [-0.25, -0.2) is 0 Å². The molecule has 1 aromatic heterocycles. The molecule has 9 aromatic rings. The van der Waals surface area contributed by atoms with E-state index in [2.05, 4.69) is 213 Å². The van der Waals surface area contributed by atoms with Gasteiger partial charge in [0, 0.05) is 17.1 Å². The molecule has 0 radical (unpaired) electrons. The van der Waals surface area contributed by atoms with Crippen LogP contribution in [0, 0.1) is 0 Å². The molecule has 0 aliphatic heterocycles. The second-order valence-corrected chi connectivity index (χ2v) is 15.8. The molecule has 3 unspecified atom stereocenters. The number of fused-ring (bicyclic) bond motifs is 2. The molecular formula is C57H49N. The molecule has 3 atom stereocenters. The first kappa shape index (κ1) is 37.0. The maximum absolute atomic E-state index is 5.09. The van der Waals surface area contributed by atoms with Crippen LogP contribution in [0.4, 0.5) is 0 Å². The van der Waals surface area contributed by atoms with E-state index in [1.807, 2.05) is 6.20 Å². The van der Waals surface area contributed by atoms with E-state index in [4.69, 9.17) is 4.98 Å². The minimum absolute atomic E-state index is 0.338. The highest BCUT2D eigenvalue weighted by molar-refractivity contribution is 6.20. The lowest BCUT2D eigenvalue weighted by molar-refractivity contribution is 0.572. The van der Waals surface area contributed by atoms with Gasteiger partial charge in [0.25, 0.3) is 0 Å². The Bertz CT molecular complexity index is 2650. The molecule has 8 aromatic carbocycles. The van der Waals surface area contributed by atoms with Crippen molar-refractivity contribution in [3.05, 3.63) is 246 Å². The summed E-state index contributed by atoms with van der Waals surface area (Å²) in [5.74, 6) is 1.17. The second kappa shape index (κ2) is 17.3. The molecule has 58 heavy (non-hydrogen) atoms. The third kappa shape index (κ3) is 7.99. The molecule has 282 valence electrons. The smallest absolute Gasteiger partial charge is 0.0792 e. The van der Waals surface area contributed by atoms with E-state index in [0.717, 1.165) is 31.2 Å². The number of nitrogens with zero attached hydrogens (tertiary/aromatic N) is 1. The summed E-state index contributed by atoms with van der Waals surface area (Å²) in [6.07, 6.45) is 6.11. The highest BCUT2D eigenvalue weighted by atomic mass is 14.7. The van der Waals surface area contributed by atoms with Crippen molar-refractivity contribution < 1.29 is 0 Å². The SMILES string of the molecule is CC(c1ccc(-c2c3ccccc3c(-c3ccc(CCC(Cc4ccccc4)c4ccccc4)cc3)c3ncccc23)cc1)C(Cc1ccccc1)c1ccccc1. The van der Waals surface area contributed by atoms with Crippen molar-refractivity contribution in [3.63, 3.8) is 0 Å². The molecule has 1 heteroatoms. The first-order valence-corrected chi connectivity index (χ1v) is 20.9. The first-order chi connectivity index (χ1) is 28.7. The molecule has 0 amide bonds.